The Kier molecular flexibility index (Phi) is 8.36. The number of rotatable bonds is 7. The van der Waals surface area contributed by atoms with E-state index >= 15 is 0 Å². The molecule has 1 heterocycles. The third-order valence-corrected chi connectivity index (χ3v) is 5.49. The summed E-state index contributed by atoms with van der Waals surface area (Å²) in [5, 5.41) is 7.90. The lowest BCUT2D eigenvalue weighted by Gasteiger charge is -2.35. The van der Waals surface area contributed by atoms with Gasteiger partial charge in [-0.05, 0) is 23.6 Å². The molecule has 3 N–H and O–H groups in total. The monoisotopic (exact) mass is 487 g/mol. The molecule has 2 aromatic rings. The summed E-state index contributed by atoms with van der Waals surface area (Å²) in [6.07, 6.45) is 1.20. The van der Waals surface area contributed by atoms with Crippen molar-refractivity contribution < 1.29 is 23.9 Å². The van der Waals surface area contributed by atoms with Crippen molar-refractivity contribution in [3.05, 3.63) is 71.3 Å². The number of halogens is 1. The van der Waals surface area contributed by atoms with Crippen LogP contribution in [0.5, 0.6) is 0 Å². The molecule has 0 spiro atoms. The zero-order chi connectivity index (χ0) is 24.2. The fourth-order valence-corrected chi connectivity index (χ4v) is 3.77. The van der Waals surface area contributed by atoms with E-state index in [4.69, 9.17) is 10.6 Å². The van der Waals surface area contributed by atoms with Gasteiger partial charge in [0.1, 0.15) is 5.54 Å². The van der Waals surface area contributed by atoms with Crippen molar-refractivity contribution >= 4 is 42.4 Å². The molecule has 180 valence electrons. The number of carbonyl (C=O) groups excluding carboxylic acids is 4. The van der Waals surface area contributed by atoms with Crippen LogP contribution in [0, 0.1) is 0 Å². The Morgan fingerprint density at radius 3 is 2.32 bits per heavy atom. The van der Waals surface area contributed by atoms with Gasteiger partial charge < -0.3 is 15.9 Å². The standard InChI is InChI=1S/C23H25N5O5.ClH/c1-15(29)27(19(13-20(30)33-3)17-7-5-4-6-8-17)28-21(31)23(2,26-22(28)32)18-11-9-16(10-12-18)14-25-24;/h4-12,14,19H,13,24H2,1-3H3,(H,26,32);1H/t19-,23-;/m1./s1. The molecule has 4 amide bonds. The number of esters is 1. The first-order chi connectivity index (χ1) is 15.7. The maximum absolute atomic E-state index is 13.6. The molecular weight excluding hydrogens is 462 g/mol. The minimum absolute atomic E-state index is 0. The van der Waals surface area contributed by atoms with Gasteiger partial charge in [-0.1, -0.05) is 54.6 Å². The SMILES string of the molecule is COC(=O)C[C@H](c1ccccc1)N(C(C)=O)N1C(=O)N[C@](C)(c2ccc(C=NN)cc2)C1=O.Cl. The first-order valence-corrected chi connectivity index (χ1v) is 10.1. The lowest BCUT2D eigenvalue weighted by Crippen LogP contribution is -2.52. The van der Waals surface area contributed by atoms with Gasteiger partial charge in [0, 0.05) is 6.92 Å². The predicted molar refractivity (Wildman–Crippen MR) is 127 cm³/mol. The van der Waals surface area contributed by atoms with Gasteiger partial charge in [-0.3, -0.25) is 14.4 Å². The highest BCUT2D eigenvalue weighted by molar-refractivity contribution is 6.08. The van der Waals surface area contributed by atoms with Crippen molar-refractivity contribution in [2.75, 3.05) is 7.11 Å². The third kappa shape index (κ3) is 5.01. The molecule has 2 aromatic carbocycles. The molecular formula is C23H26ClN5O5. The summed E-state index contributed by atoms with van der Waals surface area (Å²) in [4.78, 5) is 51.5. The number of ether oxygens (including phenoxy) is 1. The summed E-state index contributed by atoms with van der Waals surface area (Å²) in [7, 11) is 1.23. The van der Waals surface area contributed by atoms with Crippen LogP contribution in [0.1, 0.15) is 43.0 Å². The van der Waals surface area contributed by atoms with Crippen LogP contribution in [0.3, 0.4) is 0 Å². The number of nitrogens with two attached hydrogens (primary N) is 1. The molecule has 11 heteroatoms. The molecule has 0 aliphatic carbocycles. The number of methoxy groups -OCH3 is 1. The molecule has 10 nitrogen and oxygen atoms in total. The summed E-state index contributed by atoms with van der Waals surface area (Å²) < 4.78 is 4.79. The Morgan fingerprint density at radius 1 is 1.18 bits per heavy atom. The molecule has 0 unspecified atom stereocenters. The summed E-state index contributed by atoms with van der Waals surface area (Å²) in [6, 6.07) is 13.7. The third-order valence-electron chi connectivity index (χ3n) is 5.49. The van der Waals surface area contributed by atoms with E-state index in [1.165, 1.54) is 20.2 Å². The molecule has 0 aromatic heterocycles. The van der Waals surface area contributed by atoms with E-state index in [2.05, 4.69) is 10.4 Å². The molecule has 0 saturated carbocycles. The Balaban J connectivity index is 0.00000408. The van der Waals surface area contributed by atoms with E-state index < -0.39 is 35.4 Å². The largest absolute Gasteiger partial charge is 0.469 e. The van der Waals surface area contributed by atoms with Crippen LogP contribution in [0.25, 0.3) is 0 Å². The zero-order valence-electron chi connectivity index (χ0n) is 18.9. The quantitative estimate of drug-likeness (QED) is 0.202. The molecule has 0 bridgehead atoms. The molecule has 1 aliphatic heterocycles. The van der Waals surface area contributed by atoms with Gasteiger partial charge in [0.2, 0.25) is 5.91 Å². The Morgan fingerprint density at radius 2 is 1.79 bits per heavy atom. The van der Waals surface area contributed by atoms with Crippen LogP contribution in [0.4, 0.5) is 4.79 Å². The average Bonchev–Trinajstić information content (AvgIpc) is 3.03. The zero-order valence-corrected chi connectivity index (χ0v) is 19.7. The Labute approximate surface area is 203 Å². The second-order valence-electron chi connectivity index (χ2n) is 7.64. The lowest BCUT2D eigenvalue weighted by molar-refractivity contribution is -0.163. The molecule has 34 heavy (non-hydrogen) atoms. The van der Waals surface area contributed by atoms with Gasteiger partial charge in [0.25, 0.3) is 5.91 Å². The van der Waals surface area contributed by atoms with Crippen LogP contribution in [0.15, 0.2) is 59.7 Å². The summed E-state index contributed by atoms with van der Waals surface area (Å²) >= 11 is 0. The smallest absolute Gasteiger partial charge is 0.344 e. The van der Waals surface area contributed by atoms with Gasteiger partial charge in [-0.25, -0.2) is 9.80 Å². The maximum atomic E-state index is 13.6. The van der Waals surface area contributed by atoms with Crippen LogP contribution in [-0.2, 0) is 24.7 Å². The van der Waals surface area contributed by atoms with Crippen LogP contribution >= 0.6 is 12.4 Å². The van der Waals surface area contributed by atoms with Crippen LogP contribution in [0.2, 0.25) is 0 Å². The molecule has 1 fully saturated rings. The number of hydrogen-bond donors (Lipinski definition) is 2. The molecule has 3 rings (SSSR count). The lowest BCUT2D eigenvalue weighted by atomic mass is 9.91. The molecule has 2 atom stereocenters. The highest BCUT2D eigenvalue weighted by Gasteiger charge is 2.53. The van der Waals surface area contributed by atoms with Crippen molar-refractivity contribution in [1.82, 2.24) is 15.3 Å². The number of hydrogen-bond acceptors (Lipinski definition) is 7. The second kappa shape index (κ2) is 10.8. The summed E-state index contributed by atoms with van der Waals surface area (Å²) in [6.45, 7) is 2.78. The Hall–Kier alpha value is -3.92. The van der Waals surface area contributed by atoms with Gasteiger partial charge in [-0.2, -0.15) is 10.1 Å². The minimum atomic E-state index is -1.43. The van der Waals surface area contributed by atoms with Crippen molar-refractivity contribution in [2.24, 2.45) is 10.9 Å². The molecule has 1 saturated heterocycles. The number of urea groups is 1. The van der Waals surface area contributed by atoms with Crippen molar-refractivity contribution in [3.8, 4) is 0 Å². The highest BCUT2D eigenvalue weighted by Crippen LogP contribution is 2.34. The van der Waals surface area contributed by atoms with E-state index in [-0.39, 0.29) is 18.8 Å². The number of benzene rings is 2. The van der Waals surface area contributed by atoms with Crippen molar-refractivity contribution in [2.45, 2.75) is 31.8 Å². The number of hydrazone groups is 1. The fraction of sp³-hybridized carbons (Fsp3) is 0.261. The predicted octanol–water partition coefficient (Wildman–Crippen LogP) is 2.24. The van der Waals surface area contributed by atoms with E-state index in [1.54, 1.807) is 61.5 Å². The Bertz CT molecular complexity index is 1090. The first kappa shape index (κ1) is 26.3. The average molecular weight is 488 g/mol. The minimum Gasteiger partial charge on any atom is -0.469 e. The van der Waals surface area contributed by atoms with Gasteiger partial charge >= 0.3 is 12.0 Å². The molecule has 0 radical (unpaired) electrons. The number of imide groups is 1. The maximum Gasteiger partial charge on any atom is 0.344 e. The fourth-order valence-electron chi connectivity index (χ4n) is 3.77. The van der Waals surface area contributed by atoms with Gasteiger partial charge in [-0.15, -0.1) is 12.4 Å². The van der Waals surface area contributed by atoms with Crippen molar-refractivity contribution in [1.29, 1.82) is 0 Å². The second-order valence-corrected chi connectivity index (χ2v) is 7.64. The van der Waals surface area contributed by atoms with Crippen LogP contribution < -0.4 is 11.2 Å². The summed E-state index contributed by atoms with van der Waals surface area (Å²) in [5.74, 6) is 3.33. The van der Waals surface area contributed by atoms with Crippen molar-refractivity contribution in [3.63, 3.8) is 0 Å². The first-order valence-electron chi connectivity index (χ1n) is 10.1. The van der Waals surface area contributed by atoms with Crippen LogP contribution in [-0.4, -0.2) is 47.2 Å². The number of carbonyl (C=O) groups is 4. The molecule has 1 aliphatic rings. The number of nitrogens with zero attached hydrogens (tertiary/aromatic N) is 3. The number of nitrogens with one attached hydrogen (secondary N) is 1. The normalized spacial score (nSPS) is 18.3. The number of hydrazine groups is 1. The number of amides is 4. The summed E-state index contributed by atoms with van der Waals surface area (Å²) in [5.41, 5.74) is 0.351. The van der Waals surface area contributed by atoms with Gasteiger partial charge in [0.15, 0.2) is 0 Å². The topological polar surface area (TPSA) is 134 Å². The van der Waals surface area contributed by atoms with E-state index in [1.807, 2.05) is 0 Å². The van der Waals surface area contributed by atoms with E-state index in [9.17, 15) is 19.2 Å². The van der Waals surface area contributed by atoms with Gasteiger partial charge in [0.05, 0.1) is 25.8 Å². The van der Waals surface area contributed by atoms with E-state index in [0.717, 1.165) is 10.0 Å². The highest BCUT2D eigenvalue weighted by atomic mass is 35.5. The van der Waals surface area contributed by atoms with E-state index in [0.29, 0.717) is 16.7 Å².